The Bertz CT molecular complexity index is 542. The first kappa shape index (κ1) is 14.5. The molecule has 0 radical (unpaired) electrons. The normalized spacial score (nSPS) is 32.0. The molecule has 1 aliphatic heterocycles. The summed E-state index contributed by atoms with van der Waals surface area (Å²) in [7, 11) is 0. The van der Waals surface area contributed by atoms with Crippen LogP contribution in [0.4, 0.5) is 0 Å². The van der Waals surface area contributed by atoms with Crippen molar-refractivity contribution in [2.24, 2.45) is 17.8 Å². The molecular formula is C20H28N2. The number of benzene rings is 1. The van der Waals surface area contributed by atoms with Crippen molar-refractivity contribution in [2.45, 2.75) is 26.3 Å². The maximum Gasteiger partial charge on any atom is 0.0237 e. The van der Waals surface area contributed by atoms with E-state index in [2.05, 4.69) is 53.1 Å². The summed E-state index contributed by atoms with van der Waals surface area (Å²) >= 11 is 0. The SMILES string of the molecule is Cc1ccccc1CN1CCN(C[C@H]2C[C@@H]3C=C[C@@H]2C3)CC1. The summed E-state index contributed by atoms with van der Waals surface area (Å²) in [4.78, 5) is 5.34. The third kappa shape index (κ3) is 3.00. The fraction of sp³-hybridized carbons (Fsp3) is 0.600. The lowest BCUT2D eigenvalue weighted by Gasteiger charge is -2.37. The summed E-state index contributed by atoms with van der Waals surface area (Å²) in [6, 6.07) is 8.82. The van der Waals surface area contributed by atoms with Crippen LogP contribution in [0.25, 0.3) is 0 Å². The molecule has 0 spiro atoms. The van der Waals surface area contributed by atoms with E-state index in [-0.39, 0.29) is 0 Å². The van der Waals surface area contributed by atoms with Gasteiger partial charge in [0.15, 0.2) is 0 Å². The lowest BCUT2D eigenvalue weighted by molar-refractivity contribution is 0.108. The molecule has 2 heteroatoms. The Morgan fingerprint density at radius 3 is 2.41 bits per heavy atom. The minimum atomic E-state index is 0.898. The Balaban J connectivity index is 1.26. The number of nitrogens with zero attached hydrogens (tertiary/aromatic N) is 2. The number of hydrogen-bond donors (Lipinski definition) is 0. The van der Waals surface area contributed by atoms with Crippen LogP contribution >= 0.6 is 0 Å². The Kier molecular flexibility index (Phi) is 4.06. The van der Waals surface area contributed by atoms with Gasteiger partial charge in [0.1, 0.15) is 0 Å². The second-order valence-electron chi connectivity index (χ2n) is 7.54. The Morgan fingerprint density at radius 2 is 1.73 bits per heavy atom. The van der Waals surface area contributed by atoms with Gasteiger partial charge in [-0.15, -0.1) is 0 Å². The van der Waals surface area contributed by atoms with Crippen molar-refractivity contribution in [2.75, 3.05) is 32.7 Å². The fourth-order valence-electron chi connectivity index (χ4n) is 4.59. The number of rotatable bonds is 4. The van der Waals surface area contributed by atoms with Crippen LogP contribution in [0.15, 0.2) is 36.4 Å². The molecule has 118 valence electrons. The molecule has 0 N–H and O–H groups in total. The monoisotopic (exact) mass is 296 g/mol. The van der Waals surface area contributed by atoms with Gasteiger partial charge < -0.3 is 4.90 Å². The number of piperazine rings is 1. The van der Waals surface area contributed by atoms with Gasteiger partial charge in [0, 0.05) is 39.3 Å². The maximum atomic E-state index is 2.72. The van der Waals surface area contributed by atoms with Gasteiger partial charge in [0.25, 0.3) is 0 Å². The molecule has 2 aliphatic carbocycles. The van der Waals surface area contributed by atoms with Gasteiger partial charge in [-0.2, -0.15) is 0 Å². The second-order valence-corrected chi connectivity index (χ2v) is 7.54. The van der Waals surface area contributed by atoms with Crippen LogP contribution in [0.1, 0.15) is 24.0 Å². The molecule has 22 heavy (non-hydrogen) atoms. The van der Waals surface area contributed by atoms with Gasteiger partial charge in [-0.25, -0.2) is 0 Å². The predicted octanol–water partition coefficient (Wildman–Crippen LogP) is 3.32. The summed E-state index contributed by atoms with van der Waals surface area (Å²) < 4.78 is 0. The largest absolute Gasteiger partial charge is 0.300 e. The second kappa shape index (κ2) is 6.17. The van der Waals surface area contributed by atoms with E-state index in [1.54, 1.807) is 0 Å². The molecule has 0 unspecified atom stereocenters. The lowest BCUT2D eigenvalue weighted by atomic mass is 9.93. The quantitative estimate of drug-likeness (QED) is 0.786. The first-order valence-corrected chi connectivity index (χ1v) is 8.95. The summed E-state index contributed by atoms with van der Waals surface area (Å²) in [5, 5.41) is 0. The van der Waals surface area contributed by atoms with Crippen molar-refractivity contribution in [3.8, 4) is 0 Å². The highest BCUT2D eigenvalue weighted by atomic mass is 15.3. The van der Waals surface area contributed by atoms with Gasteiger partial charge in [-0.05, 0) is 48.6 Å². The predicted molar refractivity (Wildman–Crippen MR) is 91.7 cm³/mol. The van der Waals surface area contributed by atoms with Gasteiger partial charge in [-0.3, -0.25) is 4.90 Å². The molecule has 1 aromatic carbocycles. The van der Waals surface area contributed by atoms with Crippen molar-refractivity contribution in [3.63, 3.8) is 0 Å². The van der Waals surface area contributed by atoms with Gasteiger partial charge in [0.05, 0.1) is 0 Å². The molecule has 3 atom stereocenters. The highest BCUT2D eigenvalue weighted by molar-refractivity contribution is 5.25. The van der Waals surface area contributed by atoms with E-state index in [0.29, 0.717) is 0 Å². The summed E-state index contributed by atoms with van der Waals surface area (Å²) in [5.41, 5.74) is 2.92. The van der Waals surface area contributed by atoms with Crippen LogP contribution in [0.5, 0.6) is 0 Å². The van der Waals surface area contributed by atoms with Crippen LogP contribution in [0, 0.1) is 24.7 Å². The molecule has 2 nitrogen and oxygen atoms in total. The Labute approximate surface area is 134 Å². The van der Waals surface area contributed by atoms with Crippen molar-refractivity contribution < 1.29 is 0 Å². The number of aryl methyl sites for hydroxylation is 1. The first-order chi connectivity index (χ1) is 10.8. The van der Waals surface area contributed by atoms with Crippen LogP contribution in [0.2, 0.25) is 0 Å². The number of allylic oxidation sites excluding steroid dienone is 2. The van der Waals surface area contributed by atoms with Crippen molar-refractivity contribution in [3.05, 3.63) is 47.5 Å². The standard InChI is InChI=1S/C20H28N2/c1-16-4-2-3-5-19(16)14-21-8-10-22(11-9-21)15-20-13-17-6-7-18(20)12-17/h2-7,17-18,20H,8-15H2,1H3/t17-,18-,20-/m1/s1. The molecule has 1 heterocycles. The van der Waals surface area contributed by atoms with Crippen molar-refractivity contribution in [1.29, 1.82) is 0 Å². The Hall–Kier alpha value is -1.12. The zero-order valence-corrected chi connectivity index (χ0v) is 13.7. The summed E-state index contributed by atoms with van der Waals surface area (Å²) in [5.74, 6) is 2.75. The first-order valence-electron chi connectivity index (χ1n) is 8.95. The van der Waals surface area contributed by atoms with Crippen LogP contribution in [0.3, 0.4) is 0 Å². The van der Waals surface area contributed by atoms with E-state index in [0.717, 1.165) is 24.3 Å². The summed E-state index contributed by atoms with van der Waals surface area (Å²) in [6.07, 6.45) is 7.84. The zero-order chi connectivity index (χ0) is 14.9. The van der Waals surface area contributed by atoms with Crippen LogP contribution in [-0.4, -0.2) is 42.5 Å². The average molecular weight is 296 g/mol. The Morgan fingerprint density at radius 1 is 0.955 bits per heavy atom. The third-order valence-electron chi connectivity index (χ3n) is 6.03. The van der Waals surface area contributed by atoms with Crippen molar-refractivity contribution >= 4 is 0 Å². The van der Waals surface area contributed by atoms with Gasteiger partial charge in [-0.1, -0.05) is 36.4 Å². The highest BCUT2D eigenvalue weighted by Crippen LogP contribution is 2.43. The molecule has 1 aromatic rings. The van der Waals surface area contributed by atoms with Crippen LogP contribution < -0.4 is 0 Å². The van der Waals surface area contributed by atoms with E-state index in [4.69, 9.17) is 0 Å². The number of fused-ring (bicyclic) bond motifs is 2. The van der Waals surface area contributed by atoms with E-state index in [1.165, 1.54) is 56.7 Å². The molecule has 2 fully saturated rings. The minimum absolute atomic E-state index is 0.898. The molecule has 2 bridgehead atoms. The van der Waals surface area contributed by atoms with E-state index in [1.807, 2.05) is 0 Å². The molecule has 4 rings (SSSR count). The molecule has 0 amide bonds. The van der Waals surface area contributed by atoms with E-state index < -0.39 is 0 Å². The molecular weight excluding hydrogens is 268 g/mol. The molecule has 3 aliphatic rings. The zero-order valence-electron chi connectivity index (χ0n) is 13.7. The van der Waals surface area contributed by atoms with Gasteiger partial charge >= 0.3 is 0 Å². The molecule has 0 aromatic heterocycles. The highest BCUT2D eigenvalue weighted by Gasteiger charge is 2.36. The average Bonchev–Trinajstić information content (AvgIpc) is 3.14. The third-order valence-corrected chi connectivity index (χ3v) is 6.03. The molecule has 1 saturated carbocycles. The topological polar surface area (TPSA) is 6.48 Å². The maximum absolute atomic E-state index is 2.72. The smallest absolute Gasteiger partial charge is 0.0237 e. The fourth-order valence-corrected chi connectivity index (χ4v) is 4.59. The summed E-state index contributed by atoms with van der Waals surface area (Å²) in [6.45, 7) is 9.65. The lowest BCUT2D eigenvalue weighted by Crippen LogP contribution is -2.47. The van der Waals surface area contributed by atoms with Crippen molar-refractivity contribution in [1.82, 2.24) is 9.80 Å². The van der Waals surface area contributed by atoms with Gasteiger partial charge in [0.2, 0.25) is 0 Å². The van der Waals surface area contributed by atoms with E-state index in [9.17, 15) is 0 Å². The van der Waals surface area contributed by atoms with Crippen LogP contribution in [-0.2, 0) is 6.54 Å². The molecule has 1 saturated heterocycles. The minimum Gasteiger partial charge on any atom is -0.300 e. The number of hydrogen-bond acceptors (Lipinski definition) is 2. The van der Waals surface area contributed by atoms with E-state index >= 15 is 0 Å².